The number of nitrogens with one attached hydrogen (secondary N) is 1. The molecular weight excluding hydrogens is 218 g/mol. The number of benzene rings is 1. The Morgan fingerprint density at radius 1 is 1.44 bits per heavy atom. The van der Waals surface area contributed by atoms with Crippen molar-refractivity contribution >= 4 is 11.6 Å². The van der Waals surface area contributed by atoms with Gasteiger partial charge in [-0.05, 0) is 37.3 Å². The normalized spacial score (nSPS) is 25.9. The molecule has 0 spiro atoms. The molecule has 0 bridgehead atoms. The van der Waals surface area contributed by atoms with Crippen LogP contribution in [0.5, 0.6) is 0 Å². The Kier molecular flexibility index (Phi) is 3.67. The third-order valence-corrected chi connectivity index (χ3v) is 3.68. The predicted molar refractivity (Wildman–Crippen MR) is 70.0 cm³/mol. The molecule has 1 aromatic carbocycles. The van der Waals surface area contributed by atoms with E-state index in [0.29, 0.717) is 18.0 Å². The van der Waals surface area contributed by atoms with Crippen LogP contribution in [0.3, 0.4) is 0 Å². The van der Waals surface area contributed by atoms with Crippen LogP contribution in [0.15, 0.2) is 36.9 Å². The Bertz CT molecular complexity index is 369. The van der Waals surface area contributed by atoms with Crippen molar-refractivity contribution in [1.82, 2.24) is 5.32 Å². The second-order valence-corrected chi connectivity index (χ2v) is 4.99. The van der Waals surface area contributed by atoms with Gasteiger partial charge < -0.3 is 5.32 Å². The van der Waals surface area contributed by atoms with E-state index in [4.69, 9.17) is 11.6 Å². The monoisotopic (exact) mass is 235 g/mol. The Balaban J connectivity index is 1.89. The molecule has 0 radical (unpaired) electrons. The van der Waals surface area contributed by atoms with Crippen molar-refractivity contribution in [3.8, 4) is 0 Å². The van der Waals surface area contributed by atoms with E-state index >= 15 is 0 Å². The average molecular weight is 236 g/mol. The molecule has 2 rings (SSSR count). The first-order valence-electron chi connectivity index (χ1n) is 5.83. The fraction of sp³-hybridized carbons (Fsp3) is 0.429. The third kappa shape index (κ3) is 2.47. The van der Waals surface area contributed by atoms with Crippen LogP contribution in [0.1, 0.15) is 31.2 Å². The van der Waals surface area contributed by atoms with Crippen LogP contribution in [0.25, 0.3) is 0 Å². The summed E-state index contributed by atoms with van der Waals surface area (Å²) in [5, 5.41) is 4.43. The molecule has 1 N–H and O–H groups in total. The van der Waals surface area contributed by atoms with Crippen molar-refractivity contribution in [3.05, 3.63) is 47.5 Å². The maximum atomic E-state index is 6.18. The maximum Gasteiger partial charge on any atom is 0.0440 e. The lowest BCUT2D eigenvalue weighted by Gasteiger charge is -2.38. The second kappa shape index (κ2) is 5.03. The summed E-state index contributed by atoms with van der Waals surface area (Å²) in [6.07, 6.45) is 4.31. The van der Waals surface area contributed by atoms with E-state index in [9.17, 15) is 0 Å². The van der Waals surface area contributed by atoms with Gasteiger partial charge in [0.2, 0.25) is 0 Å². The molecule has 2 heteroatoms. The highest BCUT2D eigenvalue weighted by molar-refractivity contribution is 6.31. The molecule has 0 heterocycles. The van der Waals surface area contributed by atoms with Gasteiger partial charge in [-0.25, -0.2) is 0 Å². The molecule has 1 fully saturated rings. The Hall–Kier alpha value is -0.790. The minimum Gasteiger partial charge on any atom is -0.308 e. The van der Waals surface area contributed by atoms with Gasteiger partial charge in [0, 0.05) is 17.1 Å². The summed E-state index contributed by atoms with van der Waals surface area (Å²) >= 11 is 6.18. The highest BCUT2D eigenvalue weighted by atomic mass is 35.5. The van der Waals surface area contributed by atoms with Gasteiger partial charge in [0.1, 0.15) is 0 Å². The molecule has 1 aliphatic rings. The van der Waals surface area contributed by atoms with Gasteiger partial charge in [-0.1, -0.05) is 35.9 Å². The van der Waals surface area contributed by atoms with Gasteiger partial charge in [0.15, 0.2) is 0 Å². The zero-order chi connectivity index (χ0) is 11.5. The highest BCUT2D eigenvalue weighted by Crippen LogP contribution is 2.39. The van der Waals surface area contributed by atoms with Gasteiger partial charge in [-0.15, -0.1) is 6.58 Å². The summed E-state index contributed by atoms with van der Waals surface area (Å²) in [6.45, 7) is 5.91. The standard InChI is InChI=1S/C14H18ClN/c1-3-10(2)16-12-8-11(9-12)13-6-4-5-7-14(13)15/h3-7,10-12,16H,1,8-9H2,2H3. The summed E-state index contributed by atoms with van der Waals surface area (Å²) in [4.78, 5) is 0. The first-order valence-corrected chi connectivity index (χ1v) is 6.21. The summed E-state index contributed by atoms with van der Waals surface area (Å²) in [5.41, 5.74) is 1.30. The third-order valence-electron chi connectivity index (χ3n) is 3.34. The topological polar surface area (TPSA) is 12.0 Å². The average Bonchev–Trinajstić information content (AvgIpc) is 2.24. The van der Waals surface area contributed by atoms with Crippen molar-refractivity contribution in [3.63, 3.8) is 0 Å². The zero-order valence-corrected chi connectivity index (χ0v) is 10.4. The molecule has 1 saturated carbocycles. The van der Waals surface area contributed by atoms with Crippen LogP contribution in [0.4, 0.5) is 0 Å². The van der Waals surface area contributed by atoms with Crippen LogP contribution in [-0.2, 0) is 0 Å². The van der Waals surface area contributed by atoms with E-state index in [0.717, 1.165) is 5.02 Å². The van der Waals surface area contributed by atoms with Crippen LogP contribution >= 0.6 is 11.6 Å². The molecule has 1 atom stereocenters. The number of hydrogen-bond acceptors (Lipinski definition) is 1. The minimum atomic E-state index is 0.400. The lowest BCUT2D eigenvalue weighted by molar-refractivity contribution is 0.282. The van der Waals surface area contributed by atoms with Crippen molar-refractivity contribution in [2.75, 3.05) is 0 Å². The van der Waals surface area contributed by atoms with Gasteiger partial charge in [-0.3, -0.25) is 0 Å². The van der Waals surface area contributed by atoms with Gasteiger partial charge in [0.25, 0.3) is 0 Å². The first-order chi connectivity index (χ1) is 7.70. The molecule has 1 unspecified atom stereocenters. The fourth-order valence-electron chi connectivity index (χ4n) is 2.25. The summed E-state index contributed by atoms with van der Waals surface area (Å²) in [5.74, 6) is 0.628. The Morgan fingerprint density at radius 3 is 2.75 bits per heavy atom. The molecule has 0 saturated heterocycles. The van der Waals surface area contributed by atoms with Crippen molar-refractivity contribution in [1.29, 1.82) is 0 Å². The van der Waals surface area contributed by atoms with Crippen molar-refractivity contribution < 1.29 is 0 Å². The van der Waals surface area contributed by atoms with E-state index in [2.05, 4.69) is 31.0 Å². The molecular formula is C14H18ClN. The maximum absolute atomic E-state index is 6.18. The number of halogens is 1. The minimum absolute atomic E-state index is 0.400. The first kappa shape index (κ1) is 11.7. The van der Waals surface area contributed by atoms with Gasteiger partial charge >= 0.3 is 0 Å². The van der Waals surface area contributed by atoms with Crippen LogP contribution in [0, 0.1) is 0 Å². The quantitative estimate of drug-likeness (QED) is 0.784. The molecule has 1 aliphatic carbocycles. The molecule has 0 amide bonds. The SMILES string of the molecule is C=CC(C)NC1CC(c2ccccc2Cl)C1. The van der Waals surface area contributed by atoms with Crippen molar-refractivity contribution in [2.24, 2.45) is 0 Å². The molecule has 0 aromatic heterocycles. The van der Waals surface area contributed by atoms with Crippen molar-refractivity contribution in [2.45, 2.75) is 37.8 Å². The van der Waals surface area contributed by atoms with E-state index < -0.39 is 0 Å². The molecule has 1 nitrogen and oxygen atoms in total. The summed E-state index contributed by atoms with van der Waals surface area (Å²) in [6, 6.07) is 9.19. The largest absolute Gasteiger partial charge is 0.308 e. The highest BCUT2D eigenvalue weighted by Gasteiger charge is 2.31. The van der Waals surface area contributed by atoms with E-state index in [-0.39, 0.29) is 0 Å². The lowest BCUT2D eigenvalue weighted by Crippen LogP contribution is -2.43. The smallest absolute Gasteiger partial charge is 0.0440 e. The number of rotatable bonds is 4. The van der Waals surface area contributed by atoms with E-state index in [1.165, 1.54) is 18.4 Å². The van der Waals surface area contributed by atoms with Gasteiger partial charge in [-0.2, -0.15) is 0 Å². The Labute approximate surface area is 103 Å². The summed E-state index contributed by atoms with van der Waals surface area (Å²) in [7, 11) is 0. The molecule has 1 aromatic rings. The number of hydrogen-bond donors (Lipinski definition) is 1. The van der Waals surface area contributed by atoms with Crippen LogP contribution < -0.4 is 5.32 Å². The summed E-state index contributed by atoms with van der Waals surface area (Å²) < 4.78 is 0. The molecule has 86 valence electrons. The Morgan fingerprint density at radius 2 is 2.12 bits per heavy atom. The van der Waals surface area contributed by atoms with Crippen LogP contribution in [0.2, 0.25) is 5.02 Å². The second-order valence-electron chi connectivity index (χ2n) is 4.58. The zero-order valence-electron chi connectivity index (χ0n) is 9.62. The fourth-order valence-corrected chi connectivity index (χ4v) is 2.54. The lowest BCUT2D eigenvalue weighted by atomic mass is 9.75. The van der Waals surface area contributed by atoms with Crippen LogP contribution in [-0.4, -0.2) is 12.1 Å². The molecule has 16 heavy (non-hydrogen) atoms. The van der Waals surface area contributed by atoms with Gasteiger partial charge in [0.05, 0.1) is 0 Å². The predicted octanol–water partition coefficient (Wildman–Crippen LogP) is 3.75. The van der Waals surface area contributed by atoms with E-state index in [1.54, 1.807) is 0 Å². The van der Waals surface area contributed by atoms with E-state index in [1.807, 2.05) is 18.2 Å². The molecule has 0 aliphatic heterocycles.